The van der Waals surface area contributed by atoms with Crippen molar-refractivity contribution in [1.82, 2.24) is 9.97 Å². The van der Waals surface area contributed by atoms with Gasteiger partial charge in [-0.1, -0.05) is 18.2 Å². The van der Waals surface area contributed by atoms with E-state index in [0.717, 1.165) is 42.1 Å². The van der Waals surface area contributed by atoms with Crippen molar-refractivity contribution in [3.63, 3.8) is 0 Å². The molecule has 1 aliphatic heterocycles. The van der Waals surface area contributed by atoms with E-state index in [4.69, 9.17) is 0 Å². The standard InChI is InChI=1S/C20H18FN3/c1-14-3-2-9-22-20(14)24-10-8-19-17(13-24)11-16(12-23-19)15-4-6-18(21)7-5-15/h2-7,9,11-12H,8,10,13H2,1H3. The van der Waals surface area contributed by atoms with E-state index < -0.39 is 0 Å². The molecule has 120 valence electrons. The number of pyridine rings is 2. The second-order valence-electron chi connectivity index (χ2n) is 6.15. The number of fused-ring (bicyclic) bond motifs is 1. The molecule has 1 aliphatic rings. The summed E-state index contributed by atoms with van der Waals surface area (Å²) in [6.07, 6.45) is 4.63. The molecule has 0 bridgehead atoms. The van der Waals surface area contributed by atoms with Crippen LogP contribution in [0.1, 0.15) is 16.8 Å². The lowest BCUT2D eigenvalue weighted by Crippen LogP contribution is -2.32. The van der Waals surface area contributed by atoms with Crippen LogP contribution in [0.15, 0.2) is 54.9 Å². The Balaban J connectivity index is 1.66. The average Bonchev–Trinajstić information content (AvgIpc) is 2.62. The van der Waals surface area contributed by atoms with Crippen LogP contribution in [-0.4, -0.2) is 16.5 Å². The molecule has 0 saturated carbocycles. The van der Waals surface area contributed by atoms with Gasteiger partial charge in [-0.25, -0.2) is 9.37 Å². The summed E-state index contributed by atoms with van der Waals surface area (Å²) in [4.78, 5) is 11.5. The zero-order valence-electron chi connectivity index (χ0n) is 13.5. The lowest BCUT2D eigenvalue weighted by Gasteiger charge is -2.30. The van der Waals surface area contributed by atoms with Crippen molar-refractivity contribution in [2.24, 2.45) is 0 Å². The zero-order valence-corrected chi connectivity index (χ0v) is 13.5. The Morgan fingerprint density at radius 1 is 1.04 bits per heavy atom. The smallest absolute Gasteiger partial charge is 0.131 e. The van der Waals surface area contributed by atoms with E-state index in [1.165, 1.54) is 23.3 Å². The number of benzene rings is 1. The first-order valence-corrected chi connectivity index (χ1v) is 8.11. The van der Waals surface area contributed by atoms with Gasteiger partial charge in [0.2, 0.25) is 0 Å². The van der Waals surface area contributed by atoms with Crippen molar-refractivity contribution in [3.8, 4) is 11.1 Å². The molecule has 4 rings (SSSR count). The largest absolute Gasteiger partial charge is 0.352 e. The second-order valence-corrected chi connectivity index (χ2v) is 6.15. The molecule has 0 atom stereocenters. The minimum Gasteiger partial charge on any atom is -0.352 e. The highest BCUT2D eigenvalue weighted by molar-refractivity contribution is 5.64. The van der Waals surface area contributed by atoms with Gasteiger partial charge in [0.1, 0.15) is 11.6 Å². The van der Waals surface area contributed by atoms with E-state index >= 15 is 0 Å². The van der Waals surface area contributed by atoms with Crippen LogP contribution in [0, 0.1) is 12.7 Å². The van der Waals surface area contributed by atoms with Gasteiger partial charge in [-0.05, 0) is 47.9 Å². The fraction of sp³-hybridized carbons (Fsp3) is 0.200. The van der Waals surface area contributed by atoms with Gasteiger partial charge in [-0.2, -0.15) is 0 Å². The normalized spacial score (nSPS) is 13.7. The molecule has 0 unspecified atom stereocenters. The van der Waals surface area contributed by atoms with Gasteiger partial charge < -0.3 is 4.90 Å². The number of aromatic nitrogens is 2. The van der Waals surface area contributed by atoms with Gasteiger partial charge in [-0.3, -0.25) is 4.98 Å². The fourth-order valence-electron chi connectivity index (χ4n) is 3.22. The lowest BCUT2D eigenvalue weighted by molar-refractivity contribution is 0.628. The molecule has 0 spiro atoms. The summed E-state index contributed by atoms with van der Waals surface area (Å²) < 4.78 is 13.1. The summed E-state index contributed by atoms with van der Waals surface area (Å²) in [6, 6.07) is 12.8. The molecular formula is C20H18FN3. The Kier molecular flexibility index (Phi) is 3.73. The van der Waals surface area contributed by atoms with E-state index in [9.17, 15) is 4.39 Å². The van der Waals surface area contributed by atoms with Gasteiger partial charge in [0, 0.05) is 43.2 Å². The Morgan fingerprint density at radius 3 is 2.67 bits per heavy atom. The molecule has 3 heterocycles. The van der Waals surface area contributed by atoms with Gasteiger partial charge in [-0.15, -0.1) is 0 Å². The Labute approximate surface area is 140 Å². The quantitative estimate of drug-likeness (QED) is 0.710. The van der Waals surface area contributed by atoms with Crippen molar-refractivity contribution < 1.29 is 4.39 Å². The summed E-state index contributed by atoms with van der Waals surface area (Å²) in [7, 11) is 0. The van der Waals surface area contributed by atoms with Crippen LogP contribution >= 0.6 is 0 Å². The average molecular weight is 319 g/mol. The molecule has 0 N–H and O–H groups in total. The fourth-order valence-corrected chi connectivity index (χ4v) is 3.22. The van der Waals surface area contributed by atoms with Crippen molar-refractivity contribution in [2.75, 3.05) is 11.4 Å². The van der Waals surface area contributed by atoms with Crippen molar-refractivity contribution in [2.45, 2.75) is 19.9 Å². The maximum Gasteiger partial charge on any atom is 0.131 e. The number of nitrogens with zero attached hydrogens (tertiary/aromatic N) is 3. The molecular weight excluding hydrogens is 301 g/mol. The minimum absolute atomic E-state index is 0.221. The van der Waals surface area contributed by atoms with Crippen LogP contribution in [0.2, 0.25) is 0 Å². The molecule has 24 heavy (non-hydrogen) atoms. The summed E-state index contributed by atoms with van der Waals surface area (Å²) in [5.41, 5.74) is 5.55. The number of aryl methyl sites for hydroxylation is 1. The number of hydrogen-bond donors (Lipinski definition) is 0. The second kappa shape index (κ2) is 6.04. The molecule has 0 aliphatic carbocycles. The van der Waals surface area contributed by atoms with Crippen LogP contribution in [0.5, 0.6) is 0 Å². The summed E-state index contributed by atoms with van der Waals surface area (Å²) >= 11 is 0. The number of rotatable bonds is 2. The predicted molar refractivity (Wildman–Crippen MR) is 93.4 cm³/mol. The van der Waals surface area contributed by atoms with E-state index in [0.29, 0.717) is 0 Å². The third-order valence-electron chi connectivity index (χ3n) is 4.50. The first-order chi connectivity index (χ1) is 11.7. The van der Waals surface area contributed by atoms with Gasteiger partial charge in [0.15, 0.2) is 0 Å². The summed E-state index contributed by atoms with van der Waals surface area (Å²) in [5.74, 6) is 0.816. The van der Waals surface area contributed by atoms with Crippen LogP contribution in [0.3, 0.4) is 0 Å². The van der Waals surface area contributed by atoms with Crippen LogP contribution < -0.4 is 4.90 Å². The molecule has 0 radical (unpaired) electrons. The van der Waals surface area contributed by atoms with Crippen LogP contribution in [0.25, 0.3) is 11.1 Å². The van der Waals surface area contributed by atoms with Crippen molar-refractivity contribution >= 4 is 5.82 Å². The SMILES string of the molecule is Cc1cccnc1N1CCc2ncc(-c3ccc(F)cc3)cc2C1. The molecule has 3 nitrogen and oxygen atoms in total. The Morgan fingerprint density at radius 2 is 1.88 bits per heavy atom. The molecule has 0 saturated heterocycles. The third-order valence-corrected chi connectivity index (χ3v) is 4.50. The lowest BCUT2D eigenvalue weighted by atomic mass is 10.00. The van der Waals surface area contributed by atoms with Gasteiger partial charge >= 0.3 is 0 Å². The highest BCUT2D eigenvalue weighted by Gasteiger charge is 2.20. The zero-order chi connectivity index (χ0) is 16.5. The Hall–Kier alpha value is -2.75. The van der Waals surface area contributed by atoms with Gasteiger partial charge in [0.25, 0.3) is 0 Å². The van der Waals surface area contributed by atoms with Crippen LogP contribution in [0.4, 0.5) is 10.2 Å². The first-order valence-electron chi connectivity index (χ1n) is 8.11. The van der Waals surface area contributed by atoms with E-state index in [1.54, 1.807) is 12.1 Å². The molecule has 1 aromatic carbocycles. The van der Waals surface area contributed by atoms with E-state index in [2.05, 4.69) is 33.9 Å². The summed E-state index contributed by atoms with van der Waals surface area (Å²) in [5, 5.41) is 0. The predicted octanol–water partition coefficient (Wildman–Crippen LogP) is 4.15. The minimum atomic E-state index is -0.221. The molecule has 2 aromatic heterocycles. The highest BCUT2D eigenvalue weighted by Crippen LogP contribution is 2.27. The van der Waals surface area contributed by atoms with E-state index in [-0.39, 0.29) is 5.82 Å². The van der Waals surface area contributed by atoms with Gasteiger partial charge in [0.05, 0.1) is 0 Å². The molecule has 4 heteroatoms. The third kappa shape index (κ3) is 2.75. The number of halogens is 1. The molecule has 0 amide bonds. The molecule has 3 aromatic rings. The maximum absolute atomic E-state index is 13.1. The first kappa shape index (κ1) is 14.8. The number of hydrogen-bond acceptors (Lipinski definition) is 3. The highest BCUT2D eigenvalue weighted by atomic mass is 19.1. The van der Waals surface area contributed by atoms with Crippen molar-refractivity contribution in [1.29, 1.82) is 0 Å². The summed E-state index contributed by atoms with van der Waals surface area (Å²) in [6.45, 7) is 3.81. The van der Waals surface area contributed by atoms with E-state index in [1.807, 2.05) is 18.5 Å². The van der Waals surface area contributed by atoms with Crippen molar-refractivity contribution in [3.05, 3.63) is 77.5 Å². The Bertz CT molecular complexity index is 874. The monoisotopic (exact) mass is 319 g/mol. The topological polar surface area (TPSA) is 29.0 Å². The maximum atomic E-state index is 13.1. The number of anilines is 1. The van der Waals surface area contributed by atoms with Crippen LogP contribution in [-0.2, 0) is 13.0 Å². The molecule has 0 fully saturated rings.